The smallest absolute Gasteiger partial charge is 0.330 e. The van der Waals surface area contributed by atoms with E-state index in [1.807, 2.05) is 6.92 Å². The van der Waals surface area contributed by atoms with Gasteiger partial charge in [-0.3, -0.25) is 29.0 Å². The molecule has 0 aliphatic heterocycles. The predicted molar refractivity (Wildman–Crippen MR) is 107 cm³/mol. The average molecular weight is 398 g/mol. The van der Waals surface area contributed by atoms with Crippen LogP contribution in [-0.2, 0) is 13.1 Å². The lowest BCUT2D eigenvalue weighted by Crippen LogP contribution is -2.41. The highest BCUT2D eigenvalue weighted by atomic mass is 16.3. The number of nitrogen functional groups attached to an aromatic ring is 1. The Morgan fingerprint density at radius 3 is 2.72 bits per heavy atom. The van der Waals surface area contributed by atoms with E-state index >= 15 is 0 Å². The van der Waals surface area contributed by atoms with Crippen LogP contribution in [0.25, 0.3) is 0 Å². The Morgan fingerprint density at radius 2 is 2.10 bits per heavy atom. The average Bonchev–Trinajstić information content (AvgIpc) is 3.20. The number of anilines is 2. The molecule has 0 saturated carbocycles. The molecular weight excluding hydrogens is 376 g/mol. The minimum Gasteiger partial charge on any atom is -0.467 e. The molecule has 3 heterocycles. The number of hydrogen-bond donors (Lipinski definition) is 2. The molecule has 29 heavy (non-hydrogen) atoms. The van der Waals surface area contributed by atoms with Crippen molar-refractivity contribution < 1.29 is 9.21 Å². The van der Waals surface area contributed by atoms with Crippen molar-refractivity contribution >= 4 is 17.4 Å². The lowest BCUT2D eigenvalue weighted by atomic mass is 10.2. The quantitative estimate of drug-likeness (QED) is 0.614. The van der Waals surface area contributed by atoms with Gasteiger partial charge in [0.15, 0.2) is 5.69 Å². The molecule has 0 aliphatic carbocycles. The summed E-state index contributed by atoms with van der Waals surface area (Å²) in [5.41, 5.74) is 5.34. The summed E-state index contributed by atoms with van der Waals surface area (Å²) in [5.74, 6) is -0.248. The summed E-state index contributed by atoms with van der Waals surface area (Å²) >= 11 is 0. The first-order valence-corrected chi connectivity index (χ1v) is 9.17. The van der Waals surface area contributed by atoms with Crippen LogP contribution in [0.3, 0.4) is 0 Å². The maximum absolute atomic E-state index is 13.2. The first-order chi connectivity index (χ1) is 13.9. The number of nitrogens with two attached hydrogens (primary N) is 1. The number of H-pyrrole nitrogens is 1. The van der Waals surface area contributed by atoms with Crippen LogP contribution in [0.15, 0.2) is 44.8 Å². The third kappa shape index (κ3) is 4.26. The molecule has 0 atom stereocenters. The fraction of sp³-hybridized carbons (Fsp3) is 0.316. The zero-order valence-electron chi connectivity index (χ0n) is 16.2. The molecule has 0 bridgehead atoms. The van der Waals surface area contributed by atoms with E-state index in [1.165, 1.54) is 23.2 Å². The Kier molecular flexibility index (Phi) is 5.91. The number of furan rings is 1. The first kappa shape index (κ1) is 20.1. The number of carbonyl (C=O) groups excluding carboxylic acids is 1. The highest BCUT2D eigenvalue weighted by Crippen LogP contribution is 2.22. The number of nitrogens with one attached hydrogen (secondary N) is 1. The predicted octanol–water partition coefficient (Wildman–Crippen LogP) is 1.46. The van der Waals surface area contributed by atoms with Crippen molar-refractivity contribution in [3.63, 3.8) is 0 Å². The molecule has 10 nitrogen and oxygen atoms in total. The van der Waals surface area contributed by atoms with Crippen LogP contribution in [0.2, 0.25) is 0 Å². The maximum atomic E-state index is 13.2. The van der Waals surface area contributed by atoms with Crippen LogP contribution in [0.5, 0.6) is 0 Å². The second kappa shape index (κ2) is 8.55. The molecule has 10 heteroatoms. The van der Waals surface area contributed by atoms with Gasteiger partial charge in [0.25, 0.3) is 11.5 Å². The van der Waals surface area contributed by atoms with E-state index in [-0.39, 0.29) is 23.7 Å². The van der Waals surface area contributed by atoms with E-state index in [4.69, 9.17) is 10.2 Å². The van der Waals surface area contributed by atoms with Gasteiger partial charge < -0.3 is 10.2 Å². The van der Waals surface area contributed by atoms with Gasteiger partial charge in [-0.1, -0.05) is 13.3 Å². The van der Waals surface area contributed by atoms with Gasteiger partial charge >= 0.3 is 5.69 Å². The van der Waals surface area contributed by atoms with E-state index < -0.39 is 17.2 Å². The van der Waals surface area contributed by atoms with Gasteiger partial charge in [-0.15, -0.1) is 0 Å². The Bertz CT molecular complexity index is 1100. The van der Waals surface area contributed by atoms with Gasteiger partial charge in [0.2, 0.25) is 0 Å². The molecule has 0 saturated heterocycles. The van der Waals surface area contributed by atoms with E-state index in [9.17, 15) is 14.4 Å². The summed E-state index contributed by atoms with van der Waals surface area (Å²) in [4.78, 5) is 49.6. The second-order valence-electron chi connectivity index (χ2n) is 6.51. The maximum Gasteiger partial charge on any atom is 0.330 e. The second-order valence-corrected chi connectivity index (χ2v) is 6.51. The fourth-order valence-corrected chi connectivity index (χ4v) is 2.83. The molecule has 3 aromatic rings. The Morgan fingerprint density at radius 1 is 1.31 bits per heavy atom. The third-order valence-electron chi connectivity index (χ3n) is 4.36. The monoisotopic (exact) mass is 398 g/mol. The van der Waals surface area contributed by atoms with Crippen molar-refractivity contribution in [2.45, 2.75) is 39.8 Å². The normalized spacial score (nSPS) is 10.8. The van der Waals surface area contributed by atoms with Crippen molar-refractivity contribution in [2.75, 3.05) is 10.6 Å². The Hall–Kier alpha value is -3.69. The van der Waals surface area contributed by atoms with Crippen LogP contribution in [0.4, 0.5) is 11.5 Å². The number of rotatable bonds is 7. The van der Waals surface area contributed by atoms with E-state index in [0.717, 1.165) is 11.3 Å². The van der Waals surface area contributed by atoms with Crippen molar-refractivity contribution in [3.05, 3.63) is 68.8 Å². The van der Waals surface area contributed by atoms with Crippen molar-refractivity contribution in [2.24, 2.45) is 0 Å². The molecule has 0 aromatic carbocycles. The number of hydrogen-bond acceptors (Lipinski definition) is 7. The van der Waals surface area contributed by atoms with Crippen LogP contribution in [0, 0.1) is 6.92 Å². The molecule has 3 rings (SSSR count). The summed E-state index contributed by atoms with van der Waals surface area (Å²) in [7, 11) is 0. The Labute approximate surface area is 166 Å². The number of unbranched alkanes of at least 4 members (excludes halogenated alkanes) is 1. The first-order valence-electron chi connectivity index (χ1n) is 9.17. The van der Waals surface area contributed by atoms with E-state index in [1.54, 1.807) is 19.1 Å². The van der Waals surface area contributed by atoms with Gasteiger partial charge in [-0.25, -0.2) is 9.78 Å². The van der Waals surface area contributed by atoms with E-state index in [2.05, 4.69) is 15.0 Å². The zero-order valence-corrected chi connectivity index (χ0v) is 16.2. The van der Waals surface area contributed by atoms with Crippen LogP contribution in [0.1, 0.15) is 41.7 Å². The minimum atomic E-state index is -0.764. The van der Waals surface area contributed by atoms with Crippen LogP contribution in [-0.4, -0.2) is 25.4 Å². The van der Waals surface area contributed by atoms with Gasteiger partial charge in [0.1, 0.15) is 17.3 Å². The van der Waals surface area contributed by atoms with E-state index in [0.29, 0.717) is 24.4 Å². The molecule has 0 radical (unpaired) electrons. The van der Waals surface area contributed by atoms with Crippen LogP contribution < -0.4 is 21.9 Å². The van der Waals surface area contributed by atoms with Crippen LogP contribution >= 0.6 is 0 Å². The molecule has 0 aliphatic rings. The van der Waals surface area contributed by atoms with Crippen molar-refractivity contribution in [1.29, 1.82) is 0 Å². The molecular formula is C19H22N6O4. The molecule has 1 amide bonds. The van der Waals surface area contributed by atoms with Gasteiger partial charge in [-0.05, 0) is 25.5 Å². The summed E-state index contributed by atoms with van der Waals surface area (Å²) in [6.07, 6.45) is 5.75. The highest BCUT2D eigenvalue weighted by molar-refractivity contribution is 6.05. The summed E-state index contributed by atoms with van der Waals surface area (Å²) in [5, 5.41) is 0. The lowest BCUT2D eigenvalue weighted by molar-refractivity contribution is 0.0977. The minimum absolute atomic E-state index is 0.0345. The molecule has 0 unspecified atom stereocenters. The number of carbonyl (C=O) groups is 1. The zero-order chi connectivity index (χ0) is 21.0. The van der Waals surface area contributed by atoms with Gasteiger partial charge in [-0.2, -0.15) is 0 Å². The lowest BCUT2D eigenvalue weighted by Gasteiger charge is -2.23. The van der Waals surface area contributed by atoms with Gasteiger partial charge in [0, 0.05) is 12.7 Å². The number of nitrogens with zero attached hydrogens (tertiary/aromatic N) is 4. The summed E-state index contributed by atoms with van der Waals surface area (Å²) in [6.45, 7) is 3.96. The summed E-state index contributed by atoms with van der Waals surface area (Å²) < 4.78 is 6.59. The molecule has 152 valence electrons. The summed E-state index contributed by atoms with van der Waals surface area (Å²) in [6, 6.07) is 3.33. The topological polar surface area (TPSA) is 140 Å². The van der Waals surface area contributed by atoms with Gasteiger partial charge in [0.05, 0.1) is 24.7 Å². The number of aryl methyl sites for hydroxylation is 1. The molecule has 0 fully saturated rings. The molecule has 0 spiro atoms. The number of amides is 1. The Balaban J connectivity index is 2.13. The van der Waals surface area contributed by atoms with Crippen molar-refractivity contribution in [1.82, 2.24) is 19.5 Å². The highest BCUT2D eigenvalue weighted by Gasteiger charge is 2.27. The van der Waals surface area contributed by atoms with Crippen molar-refractivity contribution in [3.8, 4) is 0 Å². The standard InChI is InChI=1S/C19H22N6O4/c1-3-4-7-24-16(20)15(17(26)23-19(24)28)25(11-13-6-5-8-29-13)18(27)14-10-21-12(2)9-22-14/h5-6,8-10H,3-4,7,11,20H2,1-2H3,(H,23,26,28). The SMILES string of the molecule is CCCCn1c(N)c(N(Cc2ccco2)C(=O)c2cnc(C)cn2)c(=O)[nH]c1=O. The molecule has 3 aromatic heterocycles. The largest absolute Gasteiger partial charge is 0.467 e. The molecule has 3 N–H and O–H groups in total. The number of aromatic nitrogens is 4. The number of aromatic amines is 1. The fourth-order valence-electron chi connectivity index (χ4n) is 2.83. The third-order valence-corrected chi connectivity index (χ3v) is 4.36.